The average molecular weight is 279 g/mol. The van der Waals surface area contributed by atoms with E-state index in [1.54, 1.807) is 6.07 Å². The molecule has 0 amide bonds. The van der Waals surface area contributed by atoms with Gasteiger partial charge >= 0.3 is 5.97 Å². The Balaban J connectivity index is 2.17. The van der Waals surface area contributed by atoms with Crippen molar-refractivity contribution in [3.63, 3.8) is 0 Å². The quantitative estimate of drug-likeness (QED) is 0.922. The van der Waals surface area contributed by atoms with E-state index in [1.807, 2.05) is 0 Å². The molecule has 0 aliphatic carbocycles. The van der Waals surface area contributed by atoms with Crippen LogP contribution in [-0.4, -0.2) is 28.6 Å². The number of carboxylic acids is 1. The summed E-state index contributed by atoms with van der Waals surface area (Å²) in [6, 6.07) is 4.84. The lowest BCUT2D eigenvalue weighted by molar-refractivity contribution is 0.0686. The molecule has 1 aliphatic rings. The molecule has 1 heterocycles. The molecular formula is C16H22FNO2. The summed E-state index contributed by atoms with van der Waals surface area (Å²) in [6.07, 6.45) is 1.22. The summed E-state index contributed by atoms with van der Waals surface area (Å²) in [6.45, 7) is 8.38. The topological polar surface area (TPSA) is 40.5 Å². The second kappa shape index (κ2) is 5.92. The smallest absolute Gasteiger partial charge is 0.338 e. The summed E-state index contributed by atoms with van der Waals surface area (Å²) in [4.78, 5) is 13.3. The first-order valence-electron chi connectivity index (χ1n) is 7.14. The molecule has 0 bridgehead atoms. The van der Waals surface area contributed by atoms with Crippen molar-refractivity contribution >= 4 is 5.97 Å². The molecule has 1 aromatic carbocycles. The van der Waals surface area contributed by atoms with Crippen molar-refractivity contribution in [2.75, 3.05) is 6.54 Å². The van der Waals surface area contributed by atoms with Crippen LogP contribution in [0.2, 0.25) is 0 Å². The van der Waals surface area contributed by atoms with Gasteiger partial charge in [0, 0.05) is 19.1 Å². The summed E-state index contributed by atoms with van der Waals surface area (Å²) >= 11 is 0. The predicted molar refractivity (Wildman–Crippen MR) is 76.2 cm³/mol. The minimum absolute atomic E-state index is 0.242. The van der Waals surface area contributed by atoms with Crippen LogP contribution in [0, 0.1) is 17.7 Å². The monoisotopic (exact) mass is 279 g/mol. The molecule has 1 N–H and O–H groups in total. The van der Waals surface area contributed by atoms with E-state index in [4.69, 9.17) is 5.11 Å². The number of benzene rings is 1. The molecule has 20 heavy (non-hydrogen) atoms. The minimum atomic E-state index is -1.21. The lowest BCUT2D eigenvalue weighted by Crippen LogP contribution is -2.45. The predicted octanol–water partition coefficient (Wildman–Crippen LogP) is 3.39. The Morgan fingerprint density at radius 2 is 2.10 bits per heavy atom. The molecule has 2 rings (SSSR count). The third-order valence-electron chi connectivity index (χ3n) is 4.37. The zero-order chi connectivity index (χ0) is 14.9. The van der Waals surface area contributed by atoms with Crippen LogP contribution in [0.5, 0.6) is 0 Å². The van der Waals surface area contributed by atoms with Gasteiger partial charge in [0.15, 0.2) is 0 Å². The van der Waals surface area contributed by atoms with Crippen LogP contribution >= 0.6 is 0 Å². The van der Waals surface area contributed by atoms with Crippen molar-refractivity contribution < 1.29 is 14.3 Å². The molecule has 110 valence electrons. The van der Waals surface area contributed by atoms with Gasteiger partial charge in [0.25, 0.3) is 0 Å². The number of aromatic carboxylic acids is 1. The maximum absolute atomic E-state index is 13.4. The number of hydrogen-bond acceptors (Lipinski definition) is 2. The highest BCUT2D eigenvalue weighted by molar-refractivity contribution is 5.88. The van der Waals surface area contributed by atoms with Crippen LogP contribution in [0.1, 0.15) is 43.1 Å². The number of carbonyl (C=O) groups is 1. The summed E-state index contributed by atoms with van der Waals surface area (Å²) in [7, 11) is 0. The highest BCUT2D eigenvalue weighted by Crippen LogP contribution is 2.28. The lowest BCUT2D eigenvalue weighted by Gasteiger charge is -2.41. The molecule has 1 fully saturated rings. The molecule has 1 aromatic rings. The van der Waals surface area contributed by atoms with E-state index in [-0.39, 0.29) is 5.56 Å². The van der Waals surface area contributed by atoms with Crippen LogP contribution in [0.15, 0.2) is 18.2 Å². The van der Waals surface area contributed by atoms with Gasteiger partial charge < -0.3 is 5.11 Å². The fourth-order valence-electron chi connectivity index (χ4n) is 3.11. The van der Waals surface area contributed by atoms with Gasteiger partial charge in [-0.3, -0.25) is 4.90 Å². The van der Waals surface area contributed by atoms with E-state index in [9.17, 15) is 9.18 Å². The SMILES string of the molecule is CC1CC(C)C(C)N(Cc2ccc(F)c(C(=O)O)c2)C1. The maximum atomic E-state index is 13.4. The number of rotatable bonds is 3. The summed E-state index contributed by atoms with van der Waals surface area (Å²) in [5.74, 6) is -0.619. The van der Waals surface area contributed by atoms with Crippen molar-refractivity contribution in [3.8, 4) is 0 Å². The Morgan fingerprint density at radius 3 is 2.75 bits per heavy atom. The zero-order valence-corrected chi connectivity index (χ0v) is 12.3. The van der Waals surface area contributed by atoms with Gasteiger partial charge in [-0.15, -0.1) is 0 Å². The van der Waals surface area contributed by atoms with E-state index in [0.717, 1.165) is 12.1 Å². The van der Waals surface area contributed by atoms with Gasteiger partial charge in [-0.25, -0.2) is 9.18 Å². The fourth-order valence-corrected chi connectivity index (χ4v) is 3.11. The second-order valence-electron chi connectivity index (χ2n) is 6.11. The van der Waals surface area contributed by atoms with Gasteiger partial charge in [-0.1, -0.05) is 19.9 Å². The number of nitrogens with zero attached hydrogens (tertiary/aromatic N) is 1. The van der Waals surface area contributed by atoms with E-state index in [2.05, 4.69) is 25.7 Å². The van der Waals surface area contributed by atoms with Gasteiger partial charge in [0.1, 0.15) is 5.82 Å². The number of carboxylic acid groups (broad SMARTS) is 1. The molecule has 1 saturated heterocycles. The van der Waals surface area contributed by atoms with Crippen LogP contribution in [-0.2, 0) is 6.54 Å². The molecule has 3 unspecified atom stereocenters. The van der Waals surface area contributed by atoms with E-state index < -0.39 is 11.8 Å². The third kappa shape index (κ3) is 3.18. The van der Waals surface area contributed by atoms with Crippen LogP contribution in [0.4, 0.5) is 4.39 Å². The van der Waals surface area contributed by atoms with Crippen molar-refractivity contribution in [1.29, 1.82) is 0 Å². The molecule has 0 spiro atoms. The molecule has 0 aromatic heterocycles. The highest BCUT2D eigenvalue weighted by Gasteiger charge is 2.28. The zero-order valence-electron chi connectivity index (χ0n) is 12.3. The number of piperidine rings is 1. The average Bonchev–Trinajstić information content (AvgIpc) is 2.37. The van der Waals surface area contributed by atoms with Crippen molar-refractivity contribution in [2.45, 2.75) is 39.8 Å². The molecule has 0 radical (unpaired) electrons. The Bertz CT molecular complexity index is 503. The van der Waals surface area contributed by atoms with Crippen LogP contribution < -0.4 is 0 Å². The van der Waals surface area contributed by atoms with Crippen molar-refractivity contribution in [2.24, 2.45) is 11.8 Å². The molecule has 0 saturated carbocycles. The van der Waals surface area contributed by atoms with E-state index in [1.165, 1.54) is 18.6 Å². The summed E-state index contributed by atoms with van der Waals surface area (Å²) in [5, 5.41) is 8.98. The standard InChI is InChI=1S/C16H22FNO2/c1-10-6-11(2)12(3)18(8-10)9-13-4-5-15(17)14(7-13)16(19)20/h4-5,7,10-12H,6,8-9H2,1-3H3,(H,19,20). The van der Waals surface area contributed by atoms with Crippen molar-refractivity contribution in [3.05, 3.63) is 35.1 Å². The first-order valence-corrected chi connectivity index (χ1v) is 7.14. The molecule has 4 heteroatoms. The van der Waals surface area contributed by atoms with E-state index >= 15 is 0 Å². The number of likely N-dealkylation sites (tertiary alicyclic amines) is 1. The normalized spacial score (nSPS) is 27.5. The third-order valence-corrected chi connectivity index (χ3v) is 4.37. The second-order valence-corrected chi connectivity index (χ2v) is 6.11. The molecule has 3 nitrogen and oxygen atoms in total. The van der Waals surface area contributed by atoms with E-state index in [0.29, 0.717) is 24.4 Å². The first kappa shape index (κ1) is 15.0. The summed E-state index contributed by atoms with van der Waals surface area (Å²) in [5.41, 5.74) is 0.616. The number of halogens is 1. The molecular weight excluding hydrogens is 257 g/mol. The van der Waals surface area contributed by atoms with Gasteiger partial charge in [-0.05, 0) is 42.9 Å². The van der Waals surface area contributed by atoms with Crippen molar-refractivity contribution in [1.82, 2.24) is 4.90 Å². The molecule has 3 atom stereocenters. The van der Waals surface area contributed by atoms with Gasteiger partial charge in [0.2, 0.25) is 0 Å². The Labute approximate surface area is 119 Å². The highest BCUT2D eigenvalue weighted by atomic mass is 19.1. The lowest BCUT2D eigenvalue weighted by atomic mass is 9.85. The van der Waals surface area contributed by atoms with Gasteiger partial charge in [-0.2, -0.15) is 0 Å². The maximum Gasteiger partial charge on any atom is 0.338 e. The number of hydrogen-bond donors (Lipinski definition) is 1. The van der Waals surface area contributed by atoms with Gasteiger partial charge in [0.05, 0.1) is 5.56 Å². The minimum Gasteiger partial charge on any atom is -0.478 e. The Kier molecular flexibility index (Phi) is 4.43. The molecule has 1 aliphatic heterocycles. The Morgan fingerprint density at radius 1 is 1.40 bits per heavy atom. The fraction of sp³-hybridized carbons (Fsp3) is 0.562. The van der Waals surface area contributed by atoms with Crippen LogP contribution in [0.3, 0.4) is 0 Å². The Hall–Kier alpha value is -1.42. The largest absolute Gasteiger partial charge is 0.478 e. The van der Waals surface area contributed by atoms with Crippen LogP contribution in [0.25, 0.3) is 0 Å². The first-order chi connectivity index (χ1) is 9.38. The summed E-state index contributed by atoms with van der Waals surface area (Å²) < 4.78 is 13.4.